The fourth-order valence-electron chi connectivity index (χ4n) is 1.89. The van der Waals surface area contributed by atoms with Gasteiger partial charge in [-0.3, -0.25) is 4.99 Å². The van der Waals surface area contributed by atoms with Crippen molar-refractivity contribution in [2.24, 2.45) is 16.8 Å². The van der Waals surface area contributed by atoms with E-state index in [9.17, 15) is 0 Å². The van der Waals surface area contributed by atoms with Gasteiger partial charge < -0.3 is 4.89 Å². The van der Waals surface area contributed by atoms with Crippen LogP contribution in [0.4, 0.5) is 0 Å². The van der Waals surface area contributed by atoms with Crippen molar-refractivity contribution in [3.63, 3.8) is 0 Å². The summed E-state index contributed by atoms with van der Waals surface area (Å²) in [5.41, 5.74) is 0. The Bertz CT molecular complexity index is 168. The molecule has 0 aromatic rings. The highest BCUT2D eigenvalue weighted by Crippen LogP contribution is 2.32. The topological polar surface area (TPSA) is 30.8 Å². The van der Waals surface area contributed by atoms with Gasteiger partial charge in [0.2, 0.25) is 6.40 Å². The molecule has 0 spiro atoms. The standard InChI is InChI=1S/C10H19NO2/c1-8(2)9-4-5-10(6-9)11-7-13-12-3/h7-10H,4-6H2,1-3H3/b11-7+/t9?,10-/m1/s1. The zero-order valence-electron chi connectivity index (χ0n) is 8.69. The van der Waals surface area contributed by atoms with Crippen molar-refractivity contribution < 1.29 is 9.78 Å². The van der Waals surface area contributed by atoms with Gasteiger partial charge in [-0.1, -0.05) is 13.8 Å². The molecule has 1 aliphatic rings. The highest BCUT2D eigenvalue weighted by atomic mass is 17.2. The summed E-state index contributed by atoms with van der Waals surface area (Å²) in [7, 11) is 1.48. The molecular formula is C10H19NO2. The first-order valence-corrected chi connectivity index (χ1v) is 4.95. The Hall–Kier alpha value is -0.570. The summed E-state index contributed by atoms with van der Waals surface area (Å²) >= 11 is 0. The molecule has 76 valence electrons. The molecule has 0 aliphatic heterocycles. The molecule has 1 fully saturated rings. The van der Waals surface area contributed by atoms with Crippen LogP contribution < -0.4 is 0 Å². The second-order valence-corrected chi connectivity index (χ2v) is 3.99. The number of hydrogen-bond donors (Lipinski definition) is 0. The smallest absolute Gasteiger partial charge is 0.215 e. The molecule has 0 N–H and O–H groups in total. The van der Waals surface area contributed by atoms with Crippen LogP contribution in [-0.2, 0) is 9.78 Å². The summed E-state index contributed by atoms with van der Waals surface area (Å²) in [6, 6.07) is 0.447. The van der Waals surface area contributed by atoms with Gasteiger partial charge >= 0.3 is 0 Å². The van der Waals surface area contributed by atoms with Crippen LogP contribution in [-0.4, -0.2) is 19.6 Å². The van der Waals surface area contributed by atoms with Crippen LogP contribution in [0.3, 0.4) is 0 Å². The monoisotopic (exact) mass is 185 g/mol. The van der Waals surface area contributed by atoms with Crippen molar-refractivity contribution in [1.29, 1.82) is 0 Å². The number of nitrogens with zero attached hydrogens (tertiary/aromatic N) is 1. The van der Waals surface area contributed by atoms with Gasteiger partial charge in [0.1, 0.15) is 0 Å². The van der Waals surface area contributed by atoms with Crippen LogP contribution >= 0.6 is 0 Å². The maximum absolute atomic E-state index is 4.60. The van der Waals surface area contributed by atoms with Crippen molar-refractivity contribution in [1.82, 2.24) is 0 Å². The van der Waals surface area contributed by atoms with Crippen LogP contribution in [0.5, 0.6) is 0 Å². The summed E-state index contributed by atoms with van der Waals surface area (Å²) in [6.45, 7) is 4.56. The van der Waals surface area contributed by atoms with Crippen LogP contribution in [0.1, 0.15) is 33.1 Å². The van der Waals surface area contributed by atoms with E-state index < -0.39 is 0 Å². The lowest BCUT2D eigenvalue weighted by molar-refractivity contribution is -0.188. The van der Waals surface area contributed by atoms with Crippen molar-refractivity contribution in [3.05, 3.63) is 0 Å². The Morgan fingerprint density at radius 3 is 2.69 bits per heavy atom. The molecule has 13 heavy (non-hydrogen) atoms. The average Bonchev–Trinajstić information content (AvgIpc) is 2.53. The van der Waals surface area contributed by atoms with E-state index in [1.807, 2.05) is 0 Å². The van der Waals surface area contributed by atoms with E-state index in [1.54, 1.807) is 0 Å². The fourth-order valence-corrected chi connectivity index (χ4v) is 1.89. The molecular weight excluding hydrogens is 166 g/mol. The van der Waals surface area contributed by atoms with Gasteiger partial charge in [-0.15, -0.1) is 0 Å². The normalized spacial score (nSPS) is 28.9. The van der Waals surface area contributed by atoms with Gasteiger partial charge in [0, 0.05) is 0 Å². The zero-order chi connectivity index (χ0) is 9.68. The second-order valence-electron chi connectivity index (χ2n) is 3.99. The quantitative estimate of drug-likeness (QED) is 0.291. The van der Waals surface area contributed by atoms with Crippen LogP contribution in [0.25, 0.3) is 0 Å². The Kier molecular flexibility index (Phi) is 4.22. The Balaban J connectivity index is 2.24. The minimum absolute atomic E-state index is 0.447. The van der Waals surface area contributed by atoms with Crippen molar-refractivity contribution in [2.75, 3.05) is 7.11 Å². The highest BCUT2D eigenvalue weighted by Gasteiger charge is 2.25. The van der Waals surface area contributed by atoms with Gasteiger partial charge in [-0.05, 0) is 31.1 Å². The molecule has 1 rings (SSSR count). The first-order valence-electron chi connectivity index (χ1n) is 4.95. The lowest BCUT2D eigenvalue weighted by Gasteiger charge is -2.12. The molecule has 0 amide bonds. The third kappa shape index (κ3) is 3.35. The van der Waals surface area contributed by atoms with Crippen molar-refractivity contribution >= 4 is 6.40 Å². The minimum Gasteiger partial charge on any atom is -0.326 e. The summed E-state index contributed by atoms with van der Waals surface area (Å²) in [5, 5.41) is 0. The first-order chi connectivity index (χ1) is 6.24. The molecule has 1 aliphatic carbocycles. The second kappa shape index (κ2) is 5.22. The molecule has 0 aromatic carbocycles. The Morgan fingerprint density at radius 2 is 2.15 bits per heavy atom. The Morgan fingerprint density at radius 1 is 1.38 bits per heavy atom. The summed E-state index contributed by atoms with van der Waals surface area (Å²) in [6.07, 6.45) is 5.09. The predicted octanol–water partition coefficient (Wildman–Crippen LogP) is 2.42. The third-order valence-electron chi connectivity index (χ3n) is 2.80. The molecule has 3 heteroatoms. The van der Waals surface area contributed by atoms with E-state index >= 15 is 0 Å². The number of hydrogen-bond acceptors (Lipinski definition) is 3. The molecule has 0 heterocycles. The highest BCUT2D eigenvalue weighted by molar-refractivity contribution is 5.45. The van der Waals surface area contributed by atoms with E-state index in [0.717, 1.165) is 11.8 Å². The first kappa shape index (κ1) is 10.5. The molecule has 2 atom stereocenters. The lowest BCUT2D eigenvalue weighted by atomic mass is 9.94. The fraction of sp³-hybridized carbons (Fsp3) is 0.900. The van der Waals surface area contributed by atoms with E-state index in [0.29, 0.717) is 6.04 Å². The van der Waals surface area contributed by atoms with E-state index in [4.69, 9.17) is 0 Å². The molecule has 0 aromatic heterocycles. The number of rotatable bonds is 4. The average molecular weight is 185 g/mol. The zero-order valence-corrected chi connectivity index (χ0v) is 8.69. The van der Waals surface area contributed by atoms with Gasteiger partial charge in [-0.25, -0.2) is 0 Å². The van der Waals surface area contributed by atoms with Crippen LogP contribution in [0.2, 0.25) is 0 Å². The van der Waals surface area contributed by atoms with E-state index in [2.05, 4.69) is 28.6 Å². The predicted molar refractivity (Wildman–Crippen MR) is 52.6 cm³/mol. The third-order valence-corrected chi connectivity index (χ3v) is 2.80. The molecule has 0 bridgehead atoms. The van der Waals surface area contributed by atoms with E-state index in [-0.39, 0.29) is 0 Å². The largest absolute Gasteiger partial charge is 0.326 e. The Labute approximate surface area is 80.1 Å². The summed E-state index contributed by atoms with van der Waals surface area (Å²) in [4.78, 5) is 13.3. The maximum Gasteiger partial charge on any atom is 0.215 e. The molecule has 3 nitrogen and oxygen atoms in total. The van der Waals surface area contributed by atoms with Crippen molar-refractivity contribution in [2.45, 2.75) is 39.2 Å². The summed E-state index contributed by atoms with van der Waals surface area (Å²) < 4.78 is 0. The lowest BCUT2D eigenvalue weighted by Crippen LogP contribution is -2.05. The maximum atomic E-state index is 4.60. The molecule has 0 saturated heterocycles. The minimum atomic E-state index is 0.447. The molecule has 1 unspecified atom stereocenters. The van der Waals surface area contributed by atoms with Crippen molar-refractivity contribution in [3.8, 4) is 0 Å². The van der Waals surface area contributed by atoms with Gasteiger partial charge in [-0.2, -0.15) is 4.89 Å². The van der Waals surface area contributed by atoms with E-state index in [1.165, 1.54) is 32.8 Å². The number of aliphatic imine (C=N–C) groups is 1. The summed E-state index contributed by atoms with van der Waals surface area (Å²) in [5.74, 6) is 1.62. The van der Waals surface area contributed by atoms with Gasteiger partial charge in [0.15, 0.2) is 0 Å². The molecule has 1 saturated carbocycles. The van der Waals surface area contributed by atoms with Crippen LogP contribution in [0.15, 0.2) is 4.99 Å². The SMILES string of the molecule is COO/C=N/[C@@H]1CCC(C(C)C)C1. The van der Waals surface area contributed by atoms with Crippen LogP contribution in [0, 0.1) is 11.8 Å². The van der Waals surface area contributed by atoms with Gasteiger partial charge in [0.05, 0.1) is 13.2 Å². The molecule has 0 radical (unpaired) electrons. The van der Waals surface area contributed by atoms with Gasteiger partial charge in [0.25, 0.3) is 0 Å².